The second-order valence-electron chi connectivity index (χ2n) is 5.61. The quantitative estimate of drug-likeness (QED) is 0.633. The second-order valence-corrected chi connectivity index (χ2v) is 6.53. The molecule has 0 radical (unpaired) electrons. The van der Waals surface area contributed by atoms with Crippen LogP contribution in [0.25, 0.3) is 10.9 Å². The van der Waals surface area contributed by atoms with E-state index in [1.165, 1.54) is 0 Å². The number of aromatic nitrogens is 1. The highest BCUT2D eigenvalue weighted by molar-refractivity contribution is 9.10. The zero-order valence-electron chi connectivity index (χ0n) is 12.9. The topological polar surface area (TPSA) is 80.5 Å². The van der Waals surface area contributed by atoms with Crippen LogP contribution in [0.4, 0.5) is 0 Å². The van der Waals surface area contributed by atoms with Crippen molar-refractivity contribution in [2.45, 2.75) is 6.42 Å². The van der Waals surface area contributed by atoms with Gasteiger partial charge in [0.15, 0.2) is 0 Å². The molecule has 6 nitrogen and oxygen atoms in total. The van der Waals surface area contributed by atoms with Gasteiger partial charge in [0, 0.05) is 17.4 Å². The predicted octanol–water partition coefficient (Wildman–Crippen LogP) is 2.79. The zero-order valence-corrected chi connectivity index (χ0v) is 14.4. The first kappa shape index (κ1) is 15.7. The van der Waals surface area contributed by atoms with Gasteiger partial charge in [-0.15, -0.1) is 0 Å². The molecule has 0 saturated heterocycles. The molecule has 124 valence electrons. The normalized spacial score (nSPS) is 13.6. The highest BCUT2D eigenvalue weighted by Crippen LogP contribution is 2.22. The molecular weight excluding hydrogens is 388 g/mol. The number of carbonyl (C=O) groups is 2. The first-order valence-corrected chi connectivity index (χ1v) is 8.38. The summed E-state index contributed by atoms with van der Waals surface area (Å²) in [4.78, 5) is 42.2. The number of amides is 2. The van der Waals surface area contributed by atoms with Crippen molar-refractivity contribution in [1.29, 1.82) is 0 Å². The number of imide groups is 1. The summed E-state index contributed by atoms with van der Waals surface area (Å²) >= 11 is 3.34. The number of nitrogens with zero attached hydrogens (tertiary/aromatic N) is 2. The minimum Gasteiger partial charge on any atom is -0.408 e. The van der Waals surface area contributed by atoms with E-state index >= 15 is 0 Å². The van der Waals surface area contributed by atoms with Gasteiger partial charge < -0.3 is 4.42 Å². The van der Waals surface area contributed by atoms with Crippen LogP contribution in [0, 0.1) is 0 Å². The predicted molar refractivity (Wildman–Crippen MR) is 93.5 cm³/mol. The monoisotopic (exact) mass is 398 g/mol. The van der Waals surface area contributed by atoms with Gasteiger partial charge in [0.05, 0.1) is 22.0 Å². The summed E-state index contributed by atoms with van der Waals surface area (Å²) < 4.78 is 6.00. The van der Waals surface area contributed by atoms with Gasteiger partial charge in [0.1, 0.15) is 0 Å². The first-order chi connectivity index (χ1) is 12.0. The molecule has 3 aromatic rings. The van der Waals surface area contributed by atoms with Crippen LogP contribution in [-0.2, 0) is 6.42 Å². The Morgan fingerprint density at radius 2 is 1.68 bits per heavy atom. The number of rotatable bonds is 3. The standard InChI is InChI=1S/C18H11BrN2O4/c19-10-5-6-13-14(9-10)20-15(25-18(13)24)7-8-21-16(22)11-3-1-2-4-12(11)17(21)23/h1-6,9H,7-8H2. The Bertz CT molecular complexity index is 1050. The maximum atomic E-state index is 12.3. The van der Waals surface area contributed by atoms with E-state index in [1.54, 1.807) is 42.5 Å². The van der Waals surface area contributed by atoms with E-state index in [9.17, 15) is 14.4 Å². The number of fused-ring (bicyclic) bond motifs is 2. The Labute approximate surface area is 150 Å². The summed E-state index contributed by atoms with van der Waals surface area (Å²) in [6.07, 6.45) is 0.170. The number of hydrogen-bond acceptors (Lipinski definition) is 5. The molecule has 1 aliphatic heterocycles. The maximum absolute atomic E-state index is 12.3. The third kappa shape index (κ3) is 2.66. The molecule has 0 unspecified atom stereocenters. The van der Waals surface area contributed by atoms with Gasteiger partial charge in [0.25, 0.3) is 11.8 Å². The van der Waals surface area contributed by atoms with E-state index < -0.39 is 5.63 Å². The Hall–Kier alpha value is -2.80. The van der Waals surface area contributed by atoms with Crippen LogP contribution < -0.4 is 5.63 Å². The summed E-state index contributed by atoms with van der Waals surface area (Å²) in [6, 6.07) is 11.8. The lowest BCUT2D eigenvalue weighted by Crippen LogP contribution is -2.32. The van der Waals surface area contributed by atoms with Crippen molar-refractivity contribution in [1.82, 2.24) is 9.88 Å². The number of benzene rings is 2. The average Bonchev–Trinajstić information content (AvgIpc) is 2.84. The summed E-state index contributed by atoms with van der Waals surface area (Å²) in [6.45, 7) is 0.0990. The van der Waals surface area contributed by atoms with Gasteiger partial charge in [-0.1, -0.05) is 28.1 Å². The molecule has 0 bridgehead atoms. The van der Waals surface area contributed by atoms with Crippen LogP contribution in [0.2, 0.25) is 0 Å². The van der Waals surface area contributed by atoms with Gasteiger partial charge in [0.2, 0.25) is 5.89 Å². The molecule has 1 aliphatic rings. The molecule has 0 spiro atoms. The van der Waals surface area contributed by atoms with Gasteiger partial charge in [-0.25, -0.2) is 9.78 Å². The van der Waals surface area contributed by atoms with Crippen LogP contribution in [0.1, 0.15) is 26.6 Å². The third-order valence-electron chi connectivity index (χ3n) is 4.06. The molecule has 2 heterocycles. The Balaban J connectivity index is 1.60. The molecule has 25 heavy (non-hydrogen) atoms. The fraction of sp³-hybridized carbons (Fsp3) is 0.111. The van der Waals surface area contributed by atoms with Crippen molar-refractivity contribution >= 4 is 38.6 Å². The van der Waals surface area contributed by atoms with Gasteiger partial charge in [-0.05, 0) is 30.3 Å². The molecule has 0 atom stereocenters. The van der Waals surface area contributed by atoms with E-state index in [1.807, 2.05) is 0 Å². The molecule has 1 aromatic heterocycles. The summed E-state index contributed by atoms with van der Waals surface area (Å²) in [7, 11) is 0. The van der Waals surface area contributed by atoms with Crippen molar-refractivity contribution in [3.8, 4) is 0 Å². The fourth-order valence-corrected chi connectivity index (χ4v) is 3.19. The SMILES string of the molecule is O=C1c2ccccc2C(=O)N1CCc1nc2cc(Br)ccc2c(=O)o1. The first-order valence-electron chi connectivity index (χ1n) is 7.59. The lowest BCUT2D eigenvalue weighted by molar-refractivity contribution is 0.0653. The van der Waals surface area contributed by atoms with E-state index in [0.717, 1.165) is 9.37 Å². The largest absolute Gasteiger partial charge is 0.408 e. The minimum absolute atomic E-state index is 0.0990. The molecule has 0 fully saturated rings. The van der Waals surface area contributed by atoms with E-state index in [2.05, 4.69) is 20.9 Å². The molecule has 7 heteroatoms. The molecule has 0 aliphatic carbocycles. The average molecular weight is 399 g/mol. The van der Waals surface area contributed by atoms with Gasteiger partial charge in [-0.3, -0.25) is 14.5 Å². The van der Waals surface area contributed by atoms with Crippen molar-refractivity contribution in [2.24, 2.45) is 0 Å². The number of halogens is 1. The van der Waals surface area contributed by atoms with Crippen molar-refractivity contribution in [2.75, 3.05) is 6.54 Å². The lowest BCUT2D eigenvalue weighted by atomic mass is 10.1. The highest BCUT2D eigenvalue weighted by Gasteiger charge is 2.34. The van der Waals surface area contributed by atoms with Crippen molar-refractivity contribution in [3.63, 3.8) is 0 Å². The van der Waals surface area contributed by atoms with Crippen LogP contribution in [0.5, 0.6) is 0 Å². The molecule has 4 rings (SSSR count). The van der Waals surface area contributed by atoms with Crippen LogP contribution in [0.15, 0.2) is 56.1 Å². The molecule has 0 N–H and O–H groups in total. The second kappa shape index (κ2) is 5.93. The molecular formula is C18H11BrN2O4. The minimum atomic E-state index is -0.491. The van der Waals surface area contributed by atoms with E-state index in [4.69, 9.17) is 4.42 Å². The number of hydrogen-bond donors (Lipinski definition) is 0. The van der Waals surface area contributed by atoms with Crippen LogP contribution >= 0.6 is 15.9 Å². The van der Waals surface area contributed by atoms with Crippen molar-refractivity contribution < 1.29 is 14.0 Å². The lowest BCUT2D eigenvalue weighted by Gasteiger charge is -2.12. The maximum Gasteiger partial charge on any atom is 0.346 e. The zero-order chi connectivity index (χ0) is 17.6. The smallest absolute Gasteiger partial charge is 0.346 e. The molecule has 2 amide bonds. The Morgan fingerprint density at radius 1 is 1.00 bits per heavy atom. The van der Waals surface area contributed by atoms with Gasteiger partial charge in [-0.2, -0.15) is 0 Å². The molecule has 0 saturated carbocycles. The van der Waals surface area contributed by atoms with E-state index in [-0.39, 0.29) is 30.7 Å². The fourth-order valence-electron chi connectivity index (χ4n) is 2.85. The van der Waals surface area contributed by atoms with Crippen molar-refractivity contribution in [3.05, 3.63) is 74.4 Å². The summed E-state index contributed by atoms with van der Waals surface area (Å²) in [5.74, 6) is -0.495. The summed E-state index contributed by atoms with van der Waals surface area (Å²) in [5, 5.41) is 0.382. The molecule has 2 aromatic carbocycles. The van der Waals surface area contributed by atoms with Crippen LogP contribution in [-0.4, -0.2) is 28.2 Å². The van der Waals surface area contributed by atoms with Gasteiger partial charge >= 0.3 is 5.63 Å². The highest BCUT2D eigenvalue weighted by atomic mass is 79.9. The number of carbonyl (C=O) groups excluding carboxylic acids is 2. The summed E-state index contributed by atoms with van der Waals surface area (Å²) in [5.41, 5.74) is 0.798. The van der Waals surface area contributed by atoms with Crippen LogP contribution in [0.3, 0.4) is 0 Å². The Kier molecular flexibility index (Phi) is 3.73. The van der Waals surface area contributed by atoms with E-state index in [0.29, 0.717) is 22.0 Å². The Morgan fingerprint density at radius 3 is 2.36 bits per heavy atom. The third-order valence-corrected chi connectivity index (χ3v) is 4.56.